The van der Waals surface area contributed by atoms with Crippen molar-refractivity contribution in [2.45, 2.75) is 31.1 Å². The molecule has 0 aliphatic rings. The Morgan fingerprint density at radius 2 is 1.74 bits per heavy atom. The predicted molar refractivity (Wildman–Crippen MR) is 111 cm³/mol. The van der Waals surface area contributed by atoms with Crippen molar-refractivity contribution in [3.05, 3.63) is 39.9 Å². The highest BCUT2D eigenvalue weighted by atomic mass is 31.2. The first-order valence-corrected chi connectivity index (χ1v) is 12.5. The van der Waals surface area contributed by atoms with Gasteiger partial charge in [-0.05, 0) is 25.0 Å². The van der Waals surface area contributed by atoms with Crippen LogP contribution in [0.2, 0.25) is 0 Å². The maximum Gasteiger partial charge on any atom is 0.341 e. The second kappa shape index (κ2) is 9.60. The molecule has 1 aromatic carbocycles. The van der Waals surface area contributed by atoms with Crippen molar-refractivity contribution in [3.8, 4) is 0 Å². The Morgan fingerprint density at radius 3 is 2.29 bits per heavy atom. The SMILES string of the molecule is Cn1cc(C(=O)O)c(=O)c2cc(F)c(NCCCCCC(P(=O)(O)O)P(=O)(O)O)cc21. The molecule has 0 fully saturated rings. The maximum absolute atomic E-state index is 14.4. The molecule has 0 saturated heterocycles. The molecule has 0 radical (unpaired) electrons. The maximum atomic E-state index is 14.4. The van der Waals surface area contributed by atoms with Crippen molar-refractivity contribution in [1.29, 1.82) is 0 Å². The number of halogens is 1. The van der Waals surface area contributed by atoms with Gasteiger partial charge in [0.2, 0.25) is 5.43 Å². The van der Waals surface area contributed by atoms with Crippen LogP contribution in [-0.4, -0.2) is 47.2 Å². The predicted octanol–water partition coefficient (Wildman–Crippen LogP) is 2.03. The lowest BCUT2D eigenvalue weighted by Crippen LogP contribution is -2.18. The molecule has 2 aromatic rings. The highest BCUT2D eigenvalue weighted by molar-refractivity contribution is 7.70. The number of carbonyl (C=O) groups is 1. The Bertz CT molecular complexity index is 1120. The summed E-state index contributed by atoms with van der Waals surface area (Å²) in [6.07, 6.45) is 1.73. The molecule has 11 nitrogen and oxygen atoms in total. The molecule has 1 heterocycles. The van der Waals surface area contributed by atoms with Crippen molar-refractivity contribution in [2.75, 3.05) is 11.9 Å². The third-order valence-corrected chi connectivity index (χ3v) is 8.61. The van der Waals surface area contributed by atoms with E-state index in [4.69, 9.17) is 24.7 Å². The lowest BCUT2D eigenvalue weighted by molar-refractivity contribution is 0.0694. The van der Waals surface area contributed by atoms with Crippen LogP contribution >= 0.6 is 15.2 Å². The zero-order chi connectivity index (χ0) is 23.6. The zero-order valence-corrected chi connectivity index (χ0v) is 18.2. The molecule has 6 N–H and O–H groups in total. The van der Waals surface area contributed by atoms with Crippen molar-refractivity contribution >= 4 is 37.8 Å². The Morgan fingerprint density at radius 1 is 1.13 bits per heavy atom. The van der Waals surface area contributed by atoms with Gasteiger partial charge in [0.1, 0.15) is 11.4 Å². The average Bonchev–Trinajstić information content (AvgIpc) is 2.62. The molecule has 14 heteroatoms. The van der Waals surface area contributed by atoms with E-state index in [1.54, 1.807) is 0 Å². The quantitative estimate of drug-likeness (QED) is 0.217. The smallest absolute Gasteiger partial charge is 0.341 e. The molecule has 0 saturated carbocycles. The Hall–Kier alpha value is -2.07. The number of carboxylic acids is 1. The van der Waals surface area contributed by atoms with Gasteiger partial charge in [0.15, 0.2) is 5.40 Å². The molecular formula is C17H23FN2O9P2. The van der Waals surface area contributed by atoms with E-state index in [2.05, 4.69) is 5.32 Å². The van der Waals surface area contributed by atoms with E-state index in [-0.39, 0.29) is 30.5 Å². The number of benzene rings is 1. The molecule has 0 unspecified atom stereocenters. The van der Waals surface area contributed by atoms with Gasteiger partial charge >= 0.3 is 21.2 Å². The van der Waals surface area contributed by atoms with Crippen LogP contribution < -0.4 is 10.7 Å². The number of rotatable bonds is 10. The summed E-state index contributed by atoms with van der Waals surface area (Å²) in [4.78, 5) is 59.7. The first-order chi connectivity index (χ1) is 14.2. The summed E-state index contributed by atoms with van der Waals surface area (Å²) in [6, 6.07) is 2.33. The van der Waals surface area contributed by atoms with Gasteiger partial charge in [-0.15, -0.1) is 0 Å². The molecule has 0 aliphatic heterocycles. The van der Waals surface area contributed by atoms with Crippen molar-refractivity contribution in [3.63, 3.8) is 0 Å². The first kappa shape index (κ1) is 25.2. The summed E-state index contributed by atoms with van der Waals surface area (Å²) < 4.78 is 38.2. The van der Waals surface area contributed by atoms with Gasteiger partial charge in [-0.25, -0.2) is 9.18 Å². The van der Waals surface area contributed by atoms with Crippen LogP contribution in [0.1, 0.15) is 36.0 Å². The molecule has 2 rings (SSSR count). The minimum atomic E-state index is -4.94. The standard InChI is InChI=1S/C17H23FN2O9P2/c1-20-9-11(17(22)23)16(21)10-7-12(18)13(8-14(10)20)19-6-4-2-3-5-15(30(24,25)26)31(27,28)29/h7-9,15,19H,2-6H2,1H3,(H,22,23)(H2,24,25,26)(H2,27,28,29). The second-order valence-corrected chi connectivity index (χ2v) is 11.1. The summed E-state index contributed by atoms with van der Waals surface area (Å²) in [5.41, 5.74) is -0.867. The zero-order valence-electron chi connectivity index (χ0n) is 16.4. The number of anilines is 1. The summed E-state index contributed by atoms with van der Waals surface area (Å²) in [5.74, 6) is -2.17. The third kappa shape index (κ3) is 6.22. The third-order valence-electron chi connectivity index (χ3n) is 4.74. The molecule has 0 aliphatic carbocycles. The minimum absolute atomic E-state index is 0.0774. The number of aromatic carboxylic acids is 1. The molecular weight excluding hydrogens is 457 g/mol. The van der Waals surface area contributed by atoms with Crippen molar-refractivity contribution in [1.82, 2.24) is 4.57 Å². The lowest BCUT2D eigenvalue weighted by Gasteiger charge is -2.19. The fourth-order valence-corrected chi connectivity index (χ4v) is 5.78. The fraction of sp³-hybridized carbons (Fsp3) is 0.412. The van der Waals surface area contributed by atoms with Crippen LogP contribution in [0.3, 0.4) is 0 Å². The minimum Gasteiger partial charge on any atom is -0.477 e. The van der Waals surface area contributed by atoms with Gasteiger partial charge in [0.05, 0.1) is 11.2 Å². The molecule has 31 heavy (non-hydrogen) atoms. The van der Waals surface area contributed by atoms with Crippen LogP contribution in [0.25, 0.3) is 10.9 Å². The largest absolute Gasteiger partial charge is 0.477 e. The molecule has 172 valence electrons. The van der Waals surface area contributed by atoms with Crippen molar-refractivity contribution in [2.24, 2.45) is 7.05 Å². The van der Waals surface area contributed by atoms with Crippen LogP contribution in [0, 0.1) is 5.82 Å². The summed E-state index contributed by atoms with van der Waals surface area (Å²) in [5, 5.41) is 9.79. The summed E-state index contributed by atoms with van der Waals surface area (Å²) in [6.45, 7) is 0.250. The molecule has 0 amide bonds. The number of nitrogens with one attached hydrogen (secondary N) is 1. The Labute approximate surface area is 175 Å². The van der Waals surface area contributed by atoms with Crippen molar-refractivity contribution < 1.29 is 43.0 Å². The average molecular weight is 480 g/mol. The van der Waals surface area contributed by atoms with Gasteiger partial charge in [0.25, 0.3) is 0 Å². The van der Waals surface area contributed by atoms with E-state index >= 15 is 0 Å². The topological polar surface area (TPSA) is 186 Å². The van der Waals surface area contributed by atoms with E-state index in [1.165, 1.54) is 17.7 Å². The number of aryl methyl sites for hydroxylation is 1. The summed E-state index contributed by atoms with van der Waals surface area (Å²) >= 11 is 0. The lowest BCUT2D eigenvalue weighted by atomic mass is 10.1. The summed E-state index contributed by atoms with van der Waals surface area (Å²) in [7, 11) is -8.36. The van der Waals surface area contributed by atoms with E-state index in [0.717, 1.165) is 12.3 Å². The van der Waals surface area contributed by atoms with E-state index in [0.29, 0.717) is 18.4 Å². The van der Waals surface area contributed by atoms with E-state index in [1.807, 2.05) is 0 Å². The van der Waals surface area contributed by atoms with Gasteiger partial charge in [0, 0.05) is 25.2 Å². The highest BCUT2D eigenvalue weighted by Gasteiger charge is 2.42. The number of nitrogens with zero attached hydrogens (tertiary/aromatic N) is 1. The Balaban J connectivity index is 2.02. The number of fused-ring (bicyclic) bond motifs is 1. The molecule has 0 spiro atoms. The number of hydrogen-bond donors (Lipinski definition) is 6. The van der Waals surface area contributed by atoms with Crippen LogP contribution in [0.15, 0.2) is 23.1 Å². The van der Waals surface area contributed by atoms with E-state index in [9.17, 15) is 23.1 Å². The van der Waals surface area contributed by atoms with Gasteiger partial charge in [-0.3, -0.25) is 13.9 Å². The van der Waals surface area contributed by atoms with Crippen LogP contribution in [-0.2, 0) is 16.2 Å². The normalized spacial score (nSPS) is 12.5. The molecule has 1 aromatic heterocycles. The van der Waals surface area contributed by atoms with Crippen LogP contribution in [0.4, 0.5) is 10.1 Å². The second-order valence-electron chi connectivity index (χ2n) is 7.07. The van der Waals surface area contributed by atoms with Gasteiger partial charge in [-0.2, -0.15) is 0 Å². The van der Waals surface area contributed by atoms with Gasteiger partial charge in [-0.1, -0.05) is 12.8 Å². The first-order valence-electron chi connectivity index (χ1n) is 9.14. The number of hydrogen-bond acceptors (Lipinski definition) is 5. The Kier molecular flexibility index (Phi) is 7.80. The number of unbranched alkanes of at least 4 members (excludes halogenated alkanes) is 2. The number of carboxylic acid groups (broad SMARTS) is 1. The number of pyridine rings is 1. The monoisotopic (exact) mass is 480 g/mol. The number of aromatic nitrogens is 1. The molecule has 0 atom stereocenters. The van der Waals surface area contributed by atoms with Crippen LogP contribution in [0.5, 0.6) is 0 Å². The fourth-order valence-electron chi connectivity index (χ4n) is 3.17. The molecule has 0 bridgehead atoms. The van der Waals surface area contributed by atoms with E-state index < -0.39 is 43.4 Å². The highest BCUT2D eigenvalue weighted by Crippen LogP contribution is 2.61. The van der Waals surface area contributed by atoms with Gasteiger partial charge < -0.3 is 34.6 Å².